The van der Waals surface area contributed by atoms with Crippen molar-refractivity contribution in [1.29, 1.82) is 0 Å². The molecular formula is C14H15N3O2. The van der Waals surface area contributed by atoms with Crippen molar-refractivity contribution in [2.45, 2.75) is 0 Å². The summed E-state index contributed by atoms with van der Waals surface area (Å²) < 4.78 is 5.59. The molecule has 5 nitrogen and oxygen atoms in total. The van der Waals surface area contributed by atoms with E-state index < -0.39 is 0 Å². The molecule has 2 aromatic rings. The van der Waals surface area contributed by atoms with Crippen molar-refractivity contribution in [3.05, 3.63) is 48.4 Å². The number of nitrogens with zero attached hydrogens (tertiary/aromatic N) is 3. The molecule has 1 heterocycles. The second kappa shape index (κ2) is 6.49. The van der Waals surface area contributed by atoms with Crippen LogP contribution in [0.4, 0.5) is 5.82 Å². The van der Waals surface area contributed by atoms with Crippen LogP contribution in [-0.2, 0) is 0 Å². The Labute approximate surface area is 111 Å². The van der Waals surface area contributed by atoms with Gasteiger partial charge >= 0.3 is 0 Å². The molecule has 1 aromatic carbocycles. The van der Waals surface area contributed by atoms with Crippen LogP contribution in [0.5, 0.6) is 5.75 Å². The topological polar surface area (TPSA) is 55.3 Å². The number of hydrogen-bond donors (Lipinski definition) is 0. The molecule has 0 amide bonds. The Hall–Kier alpha value is -2.43. The highest BCUT2D eigenvalue weighted by Crippen LogP contribution is 2.11. The molecular weight excluding hydrogens is 242 g/mol. The van der Waals surface area contributed by atoms with Gasteiger partial charge in [0.2, 0.25) is 0 Å². The Kier molecular flexibility index (Phi) is 4.44. The average Bonchev–Trinajstić information content (AvgIpc) is 2.49. The lowest BCUT2D eigenvalue weighted by Gasteiger charge is -2.17. The van der Waals surface area contributed by atoms with Crippen LogP contribution in [0.25, 0.3) is 0 Å². The summed E-state index contributed by atoms with van der Waals surface area (Å²) in [6.45, 7) is 1.24. The second-order valence-electron chi connectivity index (χ2n) is 4.02. The number of ether oxygens (including phenoxy) is 1. The van der Waals surface area contributed by atoms with E-state index >= 15 is 0 Å². The molecule has 98 valence electrons. The molecule has 0 unspecified atom stereocenters. The van der Waals surface area contributed by atoms with Gasteiger partial charge in [0.1, 0.15) is 24.5 Å². The lowest BCUT2D eigenvalue weighted by Crippen LogP contribution is -2.24. The van der Waals surface area contributed by atoms with Gasteiger partial charge in [-0.2, -0.15) is 0 Å². The number of aldehydes is 1. The summed E-state index contributed by atoms with van der Waals surface area (Å²) in [4.78, 5) is 20.7. The standard InChI is InChI=1S/C14H15N3O2/c1-17(14-10-15-6-7-16-14)8-9-19-13-4-2-12(11-18)3-5-13/h2-7,10-11H,8-9H2,1H3. The Bertz CT molecular complexity index is 514. The number of carbonyl (C=O) groups excluding carboxylic acids is 1. The van der Waals surface area contributed by atoms with Crippen molar-refractivity contribution in [3.63, 3.8) is 0 Å². The number of benzene rings is 1. The van der Waals surface area contributed by atoms with E-state index in [2.05, 4.69) is 9.97 Å². The molecule has 0 saturated heterocycles. The van der Waals surface area contributed by atoms with Gasteiger partial charge in [0.05, 0.1) is 12.7 Å². The molecule has 0 atom stereocenters. The van der Waals surface area contributed by atoms with E-state index in [0.29, 0.717) is 18.7 Å². The number of likely N-dealkylation sites (N-methyl/N-ethyl adjacent to an activating group) is 1. The van der Waals surface area contributed by atoms with E-state index in [4.69, 9.17) is 4.74 Å². The summed E-state index contributed by atoms with van der Waals surface area (Å²) in [5.41, 5.74) is 0.643. The summed E-state index contributed by atoms with van der Waals surface area (Å²) in [5, 5.41) is 0. The first kappa shape index (κ1) is 13.0. The molecule has 0 aliphatic carbocycles. The average molecular weight is 257 g/mol. The Morgan fingerprint density at radius 3 is 2.68 bits per heavy atom. The predicted octanol–water partition coefficient (Wildman–Crippen LogP) is 1.80. The van der Waals surface area contributed by atoms with Crippen LogP contribution in [-0.4, -0.2) is 36.5 Å². The summed E-state index contributed by atoms with van der Waals surface area (Å²) in [7, 11) is 1.93. The first-order valence-electron chi connectivity index (χ1n) is 5.95. The second-order valence-corrected chi connectivity index (χ2v) is 4.02. The van der Waals surface area contributed by atoms with Crippen molar-refractivity contribution in [2.24, 2.45) is 0 Å². The molecule has 0 radical (unpaired) electrons. The summed E-state index contributed by atoms with van der Waals surface area (Å²) in [6, 6.07) is 7.03. The lowest BCUT2D eigenvalue weighted by atomic mass is 10.2. The minimum atomic E-state index is 0.535. The third kappa shape index (κ3) is 3.77. The van der Waals surface area contributed by atoms with Gasteiger partial charge in [-0.25, -0.2) is 4.98 Å². The first-order valence-corrected chi connectivity index (χ1v) is 5.95. The van der Waals surface area contributed by atoms with Gasteiger partial charge in [-0.05, 0) is 24.3 Å². The molecule has 2 rings (SSSR count). The normalized spacial score (nSPS) is 9.95. The highest BCUT2D eigenvalue weighted by Gasteiger charge is 2.02. The molecule has 1 aromatic heterocycles. The van der Waals surface area contributed by atoms with E-state index in [1.807, 2.05) is 11.9 Å². The van der Waals surface area contributed by atoms with Gasteiger partial charge < -0.3 is 9.64 Å². The van der Waals surface area contributed by atoms with E-state index in [1.165, 1.54) is 0 Å². The number of hydrogen-bond acceptors (Lipinski definition) is 5. The summed E-state index contributed by atoms with van der Waals surface area (Å²) in [6.07, 6.45) is 5.82. The maximum atomic E-state index is 10.5. The van der Waals surface area contributed by atoms with Crippen LogP contribution >= 0.6 is 0 Å². The van der Waals surface area contributed by atoms with Crippen molar-refractivity contribution >= 4 is 12.1 Å². The Morgan fingerprint density at radius 2 is 2.05 bits per heavy atom. The van der Waals surface area contributed by atoms with Gasteiger partial charge in [-0.1, -0.05) is 0 Å². The fraction of sp³-hybridized carbons (Fsp3) is 0.214. The van der Waals surface area contributed by atoms with Gasteiger partial charge in [0.25, 0.3) is 0 Å². The zero-order chi connectivity index (χ0) is 13.5. The Morgan fingerprint density at radius 1 is 1.26 bits per heavy atom. The monoisotopic (exact) mass is 257 g/mol. The fourth-order valence-corrected chi connectivity index (χ4v) is 1.55. The number of rotatable bonds is 6. The van der Waals surface area contributed by atoms with E-state index in [0.717, 1.165) is 17.9 Å². The zero-order valence-electron chi connectivity index (χ0n) is 10.7. The molecule has 0 aliphatic heterocycles. The smallest absolute Gasteiger partial charge is 0.150 e. The molecule has 0 saturated carbocycles. The quantitative estimate of drug-likeness (QED) is 0.739. The predicted molar refractivity (Wildman–Crippen MR) is 72.6 cm³/mol. The van der Waals surface area contributed by atoms with Crippen molar-refractivity contribution in [2.75, 3.05) is 25.1 Å². The minimum absolute atomic E-state index is 0.535. The molecule has 0 N–H and O–H groups in total. The molecule has 0 fully saturated rings. The van der Waals surface area contributed by atoms with Gasteiger partial charge in [0, 0.05) is 25.0 Å². The highest BCUT2D eigenvalue weighted by atomic mass is 16.5. The molecule has 5 heteroatoms. The van der Waals surface area contributed by atoms with Crippen molar-refractivity contribution < 1.29 is 9.53 Å². The van der Waals surface area contributed by atoms with Crippen LogP contribution in [0.3, 0.4) is 0 Å². The maximum absolute atomic E-state index is 10.5. The SMILES string of the molecule is CN(CCOc1ccc(C=O)cc1)c1cnccn1. The lowest BCUT2D eigenvalue weighted by molar-refractivity contribution is 0.112. The number of aromatic nitrogens is 2. The first-order chi connectivity index (χ1) is 9.29. The number of carbonyl (C=O) groups is 1. The third-order valence-corrected chi connectivity index (χ3v) is 2.65. The molecule has 0 spiro atoms. The van der Waals surface area contributed by atoms with Crippen LogP contribution in [0.15, 0.2) is 42.9 Å². The molecule has 19 heavy (non-hydrogen) atoms. The van der Waals surface area contributed by atoms with Gasteiger partial charge in [-0.3, -0.25) is 9.78 Å². The zero-order valence-corrected chi connectivity index (χ0v) is 10.7. The van der Waals surface area contributed by atoms with Crippen LogP contribution in [0.2, 0.25) is 0 Å². The van der Waals surface area contributed by atoms with E-state index in [-0.39, 0.29) is 0 Å². The van der Waals surface area contributed by atoms with Crippen LogP contribution < -0.4 is 9.64 Å². The maximum Gasteiger partial charge on any atom is 0.150 e. The van der Waals surface area contributed by atoms with Crippen LogP contribution in [0.1, 0.15) is 10.4 Å². The summed E-state index contributed by atoms with van der Waals surface area (Å²) >= 11 is 0. The minimum Gasteiger partial charge on any atom is -0.492 e. The molecule has 0 aliphatic rings. The van der Waals surface area contributed by atoms with Crippen LogP contribution in [0, 0.1) is 0 Å². The van der Waals surface area contributed by atoms with E-state index in [9.17, 15) is 4.79 Å². The van der Waals surface area contributed by atoms with Gasteiger partial charge in [0.15, 0.2) is 0 Å². The van der Waals surface area contributed by atoms with Crippen molar-refractivity contribution in [3.8, 4) is 5.75 Å². The Balaban J connectivity index is 1.81. The van der Waals surface area contributed by atoms with Crippen molar-refractivity contribution in [1.82, 2.24) is 9.97 Å². The highest BCUT2D eigenvalue weighted by molar-refractivity contribution is 5.74. The summed E-state index contributed by atoms with van der Waals surface area (Å²) in [5.74, 6) is 1.56. The van der Waals surface area contributed by atoms with Gasteiger partial charge in [-0.15, -0.1) is 0 Å². The van der Waals surface area contributed by atoms with E-state index in [1.54, 1.807) is 42.9 Å². The third-order valence-electron chi connectivity index (χ3n) is 2.65. The largest absolute Gasteiger partial charge is 0.492 e. The number of anilines is 1. The fourth-order valence-electron chi connectivity index (χ4n) is 1.55. The molecule has 0 bridgehead atoms.